The highest BCUT2D eigenvalue weighted by molar-refractivity contribution is 6.30. The first-order valence-electron chi connectivity index (χ1n) is 8.79. The molecular formula is C19H26ClN3O3. The monoisotopic (exact) mass is 379 g/mol. The van der Waals surface area contributed by atoms with Crippen molar-refractivity contribution < 1.29 is 14.4 Å². The average Bonchev–Trinajstić information content (AvgIpc) is 2.60. The van der Waals surface area contributed by atoms with E-state index in [1.54, 1.807) is 24.3 Å². The van der Waals surface area contributed by atoms with E-state index in [0.717, 1.165) is 5.56 Å². The summed E-state index contributed by atoms with van der Waals surface area (Å²) in [6, 6.07) is 6.97. The molecule has 0 aromatic heterocycles. The third-order valence-corrected chi connectivity index (χ3v) is 4.65. The van der Waals surface area contributed by atoms with Crippen LogP contribution in [0.15, 0.2) is 24.3 Å². The second kappa shape index (κ2) is 8.54. The Morgan fingerprint density at radius 3 is 2.19 bits per heavy atom. The SMILES string of the molecule is CC(C)(C)C(=O)N1CCC(C(=O)NNC(=O)Cc2ccc(Cl)cc2)CC1. The zero-order valence-electron chi connectivity index (χ0n) is 15.5. The van der Waals surface area contributed by atoms with Crippen molar-refractivity contribution in [2.45, 2.75) is 40.0 Å². The number of amides is 3. The number of nitrogens with zero attached hydrogens (tertiary/aromatic N) is 1. The number of benzene rings is 1. The Balaban J connectivity index is 1.74. The average molecular weight is 380 g/mol. The van der Waals surface area contributed by atoms with Crippen molar-refractivity contribution in [2.24, 2.45) is 11.3 Å². The van der Waals surface area contributed by atoms with Gasteiger partial charge in [0.1, 0.15) is 0 Å². The topological polar surface area (TPSA) is 78.5 Å². The van der Waals surface area contributed by atoms with Crippen LogP contribution in [0.5, 0.6) is 0 Å². The summed E-state index contributed by atoms with van der Waals surface area (Å²) in [5, 5.41) is 0.610. The molecule has 0 spiro atoms. The standard InChI is InChI=1S/C19H26ClN3O3/c1-19(2,3)18(26)23-10-8-14(9-11-23)17(25)22-21-16(24)12-13-4-6-15(20)7-5-13/h4-7,14H,8-12H2,1-3H3,(H,21,24)(H,22,25). The fraction of sp³-hybridized carbons (Fsp3) is 0.526. The van der Waals surface area contributed by atoms with Gasteiger partial charge in [-0.15, -0.1) is 0 Å². The summed E-state index contributed by atoms with van der Waals surface area (Å²) < 4.78 is 0. The van der Waals surface area contributed by atoms with Crippen LogP contribution in [0.1, 0.15) is 39.2 Å². The fourth-order valence-electron chi connectivity index (χ4n) is 2.88. The minimum Gasteiger partial charge on any atom is -0.342 e. The molecule has 1 heterocycles. The third kappa shape index (κ3) is 5.73. The summed E-state index contributed by atoms with van der Waals surface area (Å²) in [5.41, 5.74) is 5.34. The van der Waals surface area contributed by atoms with Gasteiger partial charge in [0, 0.05) is 29.4 Å². The smallest absolute Gasteiger partial charge is 0.242 e. The number of hydrogen-bond donors (Lipinski definition) is 2. The maximum Gasteiger partial charge on any atom is 0.242 e. The molecule has 0 aliphatic carbocycles. The van der Waals surface area contributed by atoms with Crippen LogP contribution < -0.4 is 10.9 Å². The maximum absolute atomic E-state index is 12.3. The Kier molecular flexibility index (Phi) is 6.64. The number of halogens is 1. The van der Waals surface area contributed by atoms with Crippen molar-refractivity contribution in [3.63, 3.8) is 0 Å². The predicted molar refractivity (Wildman–Crippen MR) is 100 cm³/mol. The van der Waals surface area contributed by atoms with Gasteiger partial charge >= 0.3 is 0 Å². The number of rotatable bonds is 3. The highest BCUT2D eigenvalue weighted by Crippen LogP contribution is 2.23. The van der Waals surface area contributed by atoms with Gasteiger partial charge in [0.15, 0.2) is 0 Å². The molecule has 0 radical (unpaired) electrons. The minimum atomic E-state index is -0.412. The van der Waals surface area contributed by atoms with E-state index in [4.69, 9.17) is 11.6 Å². The Hall–Kier alpha value is -2.08. The third-order valence-electron chi connectivity index (χ3n) is 4.40. The van der Waals surface area contributed by atoms with Gasteiger partial charge in [0.2, 0.25) is 17.7 Å². The Morgan fingerprint density at radius 2 is 1.65 bits per heavy atom. The summed E-state index contributed by atoms with van der Waals surface area (Å²) in [6.07, 6.45) is 1.36. The molecule has 1 fully saturated rings. The molecule has 6 nitrogen and oxygen atoms in total. The van der Waals surface area contributed by atoms with Crippen LogP contribution in [0.4, 0.5) is 0 Å². The molecule has 0 bridgehead atoms. The molecule has 26 heavy (non-hydrogen) atoms. The predicted octanol–water partition coefficient (Wildman–Crippen LogP) is 2.31. The lowest BCUT2D eigenvalue weighted by Gasteiger charge is -2.35. The van der Waals surface area contributed by atoms with Crippen molar-refractivity contribution in [1.29, 1.82) is 0 Å². The number of carbonyl (C=O) groups is 3. The quantitative estimate of drug-likeness (QED) is 0.791. The fourth-order valence-corrected chi connectivity index (χ4v) is 3.01. The molecule has 7 heteroatoms. The zero-order valence-corrected chi connectivity index (χ0v) is 16.2. The molecule has 1 aliphatic heterocycles. The van der Waals surface area contributed by atoms with Gasteiger partial charge in [-0.25, -0.2) is 0 Å². The second-order valence-corrected chi connectivity index (χ2v) is 8.09. The lowest BCUT2D eigenvalue weighted by molar-refractivity contribution is -0.142. The van der Waals surface area contributed by atoms with Gasteiger partial charge < -0.3 is 4.90 Å². The first-order chi connectivity index (χ1) is 12.2. The molecule has 142 valence electrons. The highest BCUT2D eigenvalue weighted by Gasteiger charge is 2.32. The number of hydrazine groups is 1. The second-order valence-electron chi connectivity index (χ2n) is 7.66. The van der Waals surface area contributed by atoms with Crippen molar-refractivity contribution >= 4 is 29.3 Å². The lowest BCUT2D eigenvalue weighted by atomic mass is 9.91. The van der Waals surface area contributed by atoms with Crippen LogP contribution in [0, 0.1) is 11.3 Å². The number of piperidine rings is 1. The number of nitrogens with one attached hydrogen (secondary N) is 2. The Labute approximate surface area is 159 Å². The van der Waals surface area contributed by atoms with Gasteiger partial charge in [0.25, 0.3) is 0 Å². The van der Waals surface area contributed by atoms with E-state index in [1.807, 2.05) is 25.7 Å². The first kappa shape index (κ1) is 20.2. The van der Waals surface area contributed by atoms with E-state index in [9.17, 15) is 14.4 Å². The maximum atomic E-state index is 12.3. The van der Waals surface area contributed by atoms with Crippen molar-refractivity contribution in [2.75, 3.05) is 13.1 Å². The van der Waals surface area contributed by atoms with Crippen molar-refractivity contribution in [3.05, 3.63) is 34.9 Å². The van der Waals surface area contributed by atoms with Crippen LogP contribution >= 0.6 is 11.6 Å². The van der Waals surface area contributed by atoms with E-state index in [1.165, 1.54) is 0 Å². The lowest BCUT2D eigenvalue weighted by Crippen LogP contribution is -2.49. The van der Waals surface area contributed by atoms with Crippen LogP contribution in [0.3, 0.4) is 0 Å². The van der Waals surface area contributed by atoms with Crippen LogP contribution in [0.2, 0.25) is 5.02 Å². The van der Waals surface area contributed by atoms with E-state index in [2.05, 4.69) is 10.9 Å². The largest absolute Gasteiger partial charge is 0.342 e. The summed E-state index contributed by atoms with van der Waals surface area (Å²) in [4.78, 5) is 38.2. The molecular weight excluding hydrogens is 354 g/mol. The summed E-state index contributed by atoms with van der Waals surface area (Å²) in [7, 11) is 0. The molecule has 1 aromatic carbocycles. The minimum absolute atomic E-state index is 0.104. The molecule has 1 aliphatic rings. The Bertz CT molecular complexity index is 660. The number of carbonyl (C=O) groups excluding carboxylic acids is 3. The van der Waals surface area contributed by atoms with Crippen molar-refractivity contribution in [1.82, 2.24) is 15.8 Å². The van der Waals surface area contributed by atoms with E-state index in [0.29, 0.717) is 31.0 Å². The number of likely N-dealkylation sites (tertiary alicyclic amines) is 1. The van der Waals surface area contributed by atoms with Crippen molar-refractivity contribution in [3.8, 4) is 0 Å². The summed E-state index contributed by atoms with van der Waals surface area (Å²) in [5.74, 6) is -0.596. The molecule has 0 atom stereocenters. The van der Waals surface area contributed by atoms with E-state index >= 15 is 0 Å². The molecule has 2 N–H and O–H groups in total. The van der Waals surface area contributed by atoms with Crippen LogP contribution in [0.25, 0.3) is 0 Å². The van der Waals surface area contributed by atoms with E-state index < -0.39 is 5.41 Å². The van der Waals surface area contributed by atoms with Crippen LogP contribution in [-0.4, -0.2) is 35.7 Å². The molecule has 1 aromatic rings. The molecule has 0 saturated carbocycles. The molecule has 2 rings (SSSR count). The number of hydrogen-bond acceptors (Lipinski definition) is 3. The molecule has 1 saturated heterocycles. The van der Waals surface area contributed by atoms with Gasteiger partial charge in [-0.05, 0) is 30.5 Å². The summed E-state index contributed by atoms with van der Waals surface area (Å²) >= 11 is 5.81. The van der Waals surface area contributed by atoms with Gasteiger partial charge in [0.05, 0.1) is 6.42 Å². The zero-order chi connectivity index (χ0) is 19.3. The van der Waals surface area contributed by atoms with E-state index in [-0.39, 0.29) is 30.1 Å². The van der Waals surface area contributed by atoms with Crippen LogP contribution in [-0.2, 0) is 20.8 Å². The van der Waals surface area contributed by atoms with Gasteiger partial charge in [-0.1, -0.05) is 44.5 Å². The van der Waals surface area contributed by atoms with Gasteiger partial charge in [-0.2, -0.15) is 0 Å². The van der Waals surface area contributed by atoms with Gasteiger partial charge in [-0.3, -0.25) is 25.2 Å². The molecule has 3 amide bonds. The first-order valence-corrected chi connectivity index (χ1v) is 9.17. The Morgan fingerprint density at radius 1 is 1.08 bits per heavy atom. The normalized spacial score (nSPS) is 15.5. The highest BCUT2D eigenvalue weighted by atomic mass is 35.5. The molecule has 0 unspecified atom stereocenters. The summed E-state index contributed by atoms with van der Waals surface area (Å²) in [6.45, 7) is 6.80.